The summed E-state index contributed by atoms with van der Waals surface area (Å²) in [6.45, 7) is 5.16. The number of nitrogens with zero attached hydrogens (tertiary/aromatic N) is 2. The fourth-order valence-electron chi connectivity index (χ4n) is 2.55. The first kappa shape index (κ1) is 13.8. The molecule has 19 heavy (non-hydrogen) atoms. The van der Waals surface area contributed by atoms with E-state index in [1.54, 1.807) is 18.3 Å². The first-order valence-electron chi connectivity index (χ1n) is 6.95. The Kier molecular flexibility index (Phi) is 4.74. The molecule has 0 bridgehead atoms. The predicted octanol–water partition coefficient (Wildman–Crippen LogP) is 1.15. The first-order valence-corrected chi connectivity index (χ1v) is 6.95. The lowest BCUT2D eigenvalue weighted by Gasteiger charge is -2.35. The molecule has 0 aromatic carbocycles. The van der Waals surface area contributed by atoms with Crippen molar-refractivity contribution >= 4 is 11.7 Å². The number of nitrogens with two attached hydrogens (primary N) is 1. The number of carbonyl (C=O) groups excluding carboxylic acids is 1. The predicted molar refractivity (Wildman–Crippen MR) is 76.3 cm³/mol. The molecule has 5 nitrogen and oxygen atoms in total. The highest BCUT2D eigenvalue weighted by Crippen LogP contribution is 2.20. The molecule has 2 rings (SSSR count). The molecular weight excluding hydrogens is 240 g/mol. The van der Waals surface area contributed by atoms with Crippen LogP contribution in [0, 0.1) is 0 Å². The lowest BCUT2D eigenvalue weighted by molar-refractivity contribution is 0.1000. The number of hydrogen-bond acceptors (Lipinski definition) is 4. The molecule has 1 aliphatic heterocycles. The van der Waals surface area contributed by atoms with Crippen molar-refractivity contribution in [2.75, 3.05) is 24.5 Å². The number of piperidine rings is 1. The fraction of sp³-hybridized carbons (Fsp3) is 0.571. The van der Waals surface area contributed by atoms with Crippen LogP contribution in [0.2, 0.25) is 0 Å². The van der Waals surface area contributed by atoms with Gasteiger partial charge >= 0.3 is 0 Å². The van der Waals surface area contributed by atoms with Crippen LogP contribution >= 0.6 is 0 Å². The minimum Gasteiger partial charge on any atom is -0.366 e. The highest BCUT2D eigenvalue weighted by atomic mass is 16.1. The molecule has 0 aliphatic carbocycles. The molecule has 1 saturated heterocycles. The number of primary amides is 1. The van der Waals surface area contributed by atoms with Gasteiger partial charge in [0.1, 0.15) is 5.82 Å². The van der Waals surface area contributed by atoms with E-state index in [9.17, 15) is 4.79 Å². The number of pyridine rings is 1. The van der Waals surface area contributed by atoms with Crippen LogP contribution in [0.25, 0.3) is 0 Å². The second-order valence-corrected chi connectivity index (χ2v) is 4.96. The topological polar surface area (TPSA) is 71.2 Å². The van der Waals surface area contributed by atoms with Gasteiger partial charge in [-0.2, -0.15) is 0 Å². The molecule has 1 amide bonds. The molecule has 3 N–H and O–H groups in total. The zero-order valence-electron chi connectivity index (χ0n) is 11.4. The Balaban J connectivity index is 2.22. The Morgan fingerprint density at radius 2 is 2.47 bits per heavy atom. The molecule has 1 aliphatic rings. The summed E-state index contributed by atoms with van der Waals surface area (Å²) in [6, 6.07) is 3.91. The Morgan fingerprint density at radius 1 is 1.63 bits per heavy atom. The number of aromatic nitrogens is 1. The largest absolute Gasteiger partial charge is 0.366 e. The second kappa shape index (κ2) is 6.52. The Morgan fingerprint density at radius 3 is 3.11 bits per heavy atom. The molecule has 1 fully saturated rings. The third kappa shape index (κ3) is 3.44. The fourth-order valence-corrected chi connectivity index (χ4v) is 2.55. The summed E-state index contributed by atoms with van der Waals surface area (Å²) < 4.78 is 0. The Bertz CT molecular complexity index is 429. The van der Waals surface area contributed by atoms with Crippen LogP contribution in [0.4, 0.5) is 5.82 Å². The summed E-state index contributed by atoms with van der Waals surface area (Å²) in [5.74, 6) is 0.453. The smallest absolute Gasteiger partial charge is 0.248 e. The average molecular weight is 262 g/mol. The molecule has 1 aromatic rings. The summed E-state index contributed by atoms with van der Waals surface area (Å²) in [5, 5.41) is 3.42. The zero-order valence-corrected chi connectivity index (χ0v) is 11.4. The van der Waals surface area contributed by atoms with E-state index in [2.05, 4.69) is 22.1 Å². The molecule has 104 valence electrons. The summed E-state index contributed by atoms with van der Waals surface area (Å²) >= 11 is 0. The summed E-state index contributed by atoms with van der Waals surface area (Å²) in [4.78, 5) is 18.0. The third-order valence-corrected chi connectivity index (χ3v) is 3.50. The van der Waals surface area contributed by atoms with Crippen LogP contribution in [0.1, 0.15) is 36.5 Å². The van der Waals surface area contributed by atoms with Gasteiger partial charge in [0.2, 0.25) is 5.91 Å². The van der Waals surface area contributed by atoms with Gasteiger partial charge in [-0.3, -0.25) is 4.79 Å². The Hall–Kier alpha value is -1.62. The third-order valence-electron chi connectivity index (χ3n) is 3.50. The van der Waals surface area contributed by atoms with Gasteiger partial charge in [0.05, 0.1) is 0 Å². The first-order chi connectivity index (χ1) is 9.22. The van der Waals surface area contributed by atoms with Crippen LogP contribution in [-0.2, 0) is 0 Å². The monoisotopic (exact) mass is 262 g/mol. The highest BCUT2D eigenvalue weighted by Gasteiger charge is 2.21. The van der Waals surface area contributed by atoms with E-state index in [1.807, 2.05) is 0 Å². The van der Waals surface area contributed by atoms with Gasteiger partial charge in [0.15, 0.2) is 0 Å². The van der Waals surface area contributed by atoms with Crippen LogP contribution < -0.4 is 16.0 Å². The van der Waals surface area contributed by atoms with Gasteiger partial charge in [-0.15, -0.1) is 0 Å². The van der Waals surface area contributed by atoms with Crippen molar-refractivity contribution in [1.29, 1.82) is 0 Å². The number of carbonyl (C=O) groups is 1. The summed E-state index contributed by atoms with van der Waals surface area (Å²) in [6.07, 6.45) is 5.06. The minimum absolute atomic E-state index is 0.401. The molecular formula is C14H22N4O. The molecule has 5 heteroatoms. The van der Waals surface area contributed by atoms with Gasteiger partial charge in [0, 0.05) is 30.9 Å². The van der Waals surface area contributed by atoms with E-state index in [0.29, 0.717) is 11.6 Å². The van der Waals surface area contributed by atoms with Crippen LogP contribution in [0.5, 0.6) is 0 Å². The van der Waals surface area contributed by atoms with E-state index in [4.69, 9.17) is 5.73 Å². The molecule has 1 aromatic heterocycles. The molecule has 1 unspecified atom stereocenters. The standard InChI is InChI=1S/C14H22N4O/c1-2-8-18(12-4-3-6-16-10-12)13-9-11(14(15)19)5-7-17-13/h5,7,9,12,16H,2-4,6,8,10H2,1H3,(H2,15,19). The summed E-state index contributed by atoms with van der Waals surface area (Å²) in [5.41, 5.74) is 5.86. The molecule has 0 spiro atoms. The number of nitrogens with one attached hydrogen (secondary N) is 1. The average Bonchev–Trinajstić information content (AvgIpc) is 2.46. The second-order valence-electron chi connectivity index (χ2n) is 4.96. The van der Waals surface area contributed by atoms with Crippen molar-refractivity contribution in [2.24, 2.45) is 5.73 Å². The van der Waals surface area contributed by atoms with E-state index >= 15 is 0 Å². The lowest BCUT2D eigenvalue weighted by atomic mass is 10.1. The van der Waals surface area contributed by atoms with Crippen molar-refractivity contribution < 1.29 is 4.79 Å². The van der Waals surface area contributed by atoms with E-state index in [0.717, 1.165) is 38.3 Å². The van der Waals surface area contributed by atoms with Crippen molar-refractivity contribution in [2.45, 2.75) is 32.2 Å². The highest BCUT2D eigenvalue weighted by molar-refractivity contribution is 5.93. The normalized spacial score (nSPS) is 19.1. The van der Waals surface area contributed by atoms with E-state index < -0.39 is 5.91 Å². The summed E-state index contributed by atoms with van der Waals surface area (Å²) in [7, 11) is 0. The van der Waals surface area contributed by atoms with Crippen molar-refractivity contribution in [3.63, 3.8) is 0 Å². The molecule has 0 radical (unpaired) electrons. The maximum atomic E-state index is 11.3. The number of anilines is 1. The van der Waals surface area contributed by atoms with Crippen LogP contribution in [-0.4, -0.2) is 36.6 Å². The quantitative estimate of drug-likeness (QED) is 0.835. The number of rotatable bonds is 5. The van der Waals surface area contributed by atoms with E-state index in [-0.39, 0.29) is 0 Å². The minimum atomic E-state index is -0.401. The SMILES string of the molecule is CCCN(c1cc(C(N)=O)ccn1)C1CCCNC1. The number of amides is 1. The maximum absolute atomic E-state index is 11.3. The molecule has 1 atom stereocenters. The van der Waals surface area contributed by atoms with Crippen molar-refractivity contribution in [1.82, 2.24) is 10.3 Å². The molecule has 0 saturated carbocycles. The Labute approximate surface area is 114 Å². The van der Waals surface area contributed by atoms with Crippen molar-refractivity contribution in [3.8, 4) is 0 Å². The van der Waals surface area contributed by atoms with E-state index in [1.165, 1.54) is 6.42 Å². The zero-order chi connectivity index (χ0) is 13.7. The number of hydrogen-bond donors (Lipinski definition) is 2. The van der Waals surface area contributed by atoms with Gasteiger partial charge in [-0.05, 0) is 37.9 Å². The maximum Gasteiger partial charge on any atom is 0.248 e. The van der Waals surface area contributed by atoms with Gasteiger partial charge in [-0.1, -0.05) is 6.92 Å². The lowest BCUT2D eigenvalue weighted by Crippen LogP contribution is -2.46. The van der Waals surface area contributed by atoms with Gasteiger partial charge in [-0.25, -0.2) is 4.98 Å². The van der Waals surface area contributed by atoms with Crippen molar-refractivity contribution in [3.05, 3.63) is 23.9 Å². The van der Waals surface area contributed by atoms with Crippen LogP contribution in [0.3, 0.4) is 0 Å². The van der Waals surface area contributed by atoms with Gasteiger partial charge < -0.3 is 16.0 Å². The van der Waals surface area contributed by atoms with Crippen LogP contribution in [0.15, 0.2) is 18.3 Å². The molecule has 2 heterocycles. The van der Waals surface area contributed by atoms with Gasteiger partial charge in [0.25, 0.3) is 0 Å².